The monoisotopic (exact) mass is 298 g/mol. The number of hydrogen-bond acceptors (Lipinski definition) is 3. The summed E-state index contributed by atoms with van der Waals surface area (Å²) in [5, 5.41) is 7.68. The molecule has 0 aliphatic heterocycles. The molecular formula is C13H12Cl2N2O2. The van der Waals surface area contributed by atoms with Crippen molar-refractivity contribution in [1.29, 1.82) is 0 Å². The zero-order valence-electron chi connectivity index (χ0n) is 10.5. The molecule has 0 atom stereocenters. The number of nitrogens with zero attached hydrogens (tertiary/aromatic N) is 1. The van der Waals surface area contributed by atoms with Gasteiger partial charge < -0.3 is 9.84 Å². The number of aryl methyl sites for hydroxylation is 1. The van der Waals surface area contributed by atoms with Crippen molar-refractivity contribution < 1.29 is 9.32 Å². The summed E-state index contributed by atoms with van der Waals surface area (Å²) in [4.78, 5) is 11.0. The standard InChI is InChI=1S/C13H12Cl2N2O2/c1-7-9(6-16-8(2)18)13(17-19-7)12-10(14)4-3-5-11(12)15/h3-5H,6H2,1-2H3,(H,16,18). The quantitative estimate of drug-likeness (QED) is 0.942. The molecule has 6 heteroatoms. The van der Waals surface area contributed by atoms with Crippen molar-refractivity contribution in [2.24, 2.45) is 0 Å². The molecule has 0 saturated heterocycles. The second-order valence-electron chi connectivity index (χ2n) is 4.07. The lowest BCUT2D eigenvalue weighted by Gasteiger charge is -2.07. The van der Waals surface area contributed by atoms with Crippen LogP contribution in [0.5, 0.6) is 0 Å². The number of halogens is 2. The van der Waals surface area contributed by atoms with Gasteiger partial charge in [0, 0.05) is 24.6 Å². The van der Waals surface area contributed by atoms with Crippen molar-refractivity contribution in [3.05, 3.63) is 39.6 Å². The first-order chi connectivity index (χ1) is 9.00. The molecule has 2 rings (SSSR count). The molecule has 0 bridgehead atoms. The summed E-state index contributed by atoms with van der Waals surface area (Å²) in [6, 6.07) is 5.22. The van der Waals surface area contributed by atoms with Crippen LogP contribution in [-0.2, 0) is 11.3 Å². The highest BCUT2D eigenvalue weighted by Gasteiger charge is 2.19. The molecule has 0 aliphatic carbocycles. The molecule has 0 unspecified atom stereocenters. The maximum absolute atomic E-state index is 11.0. The number of benzene rings is 1. The number of hydrogen-bond donors (Lipinski definition) is 1. The topological polar surface area (TPSA) is 55.1 Å². The van der Waals surface area contributed by atoms with Crippen molar-refractivity contribution >= 4 is 29.1 Å². The predicted octanol–water partition coefficient (Wildman–Crippen LogP) is 3.59. The highest BCUT2D eigenvalue weighted by molar-refractivity contribution is 6.39. The number of amides is 1. The first-order valence-electron chi connectivity index (χ1n) is 5.64. The first-order valence-corrected chi connectivity index (χ1v) is 6.40. The minimum atomic E-state index is -0.128. The molecule has 0 aliphatic rings. The number of aromatic nitrogens is 1. The molecule has 19 heavy (non-hydrogen) atoms. The first kappa shape index (κ1) is 13.9. The van der Waals surface area contributed by atoms with Crippen LogP contribution >= 0.6 is 23.2 Å². The second kappa shape index (κ2) is 5.63. The Morgan fingerprint density at radius 1 is 1.37 bits per heavy atom. The lowest BCUT2D eigenvalue weighted by atomic mass is 10.1. The van der Waals surface area contributed by atoms with Gasteiger partial charge in [-0.3, -0.25) is 4.79 Å². The van der Waals surface area contributed by atoms with Gasteiger partial charge in [-0.15, -0.1) is 0 Å². The van der Waals surface area contributed by atoms with Gasteiger partial charge in [0.05, 0.1) is 10.0 Å². The largest absolute Gasteiger partial charge is 0.361 e. The number of rotatable bonds is 3. The smallest absolute Gasteiger partial charge is 0.217 e. The average molecular weight is 299 g/mol. The molecule has 0 spiro atoms. The van der Waals surface area contributed by atoms with Crippen molar-refractivity contribution in [1.82, 2.24) is 10.5 Å². The number of carbonyl (C=O) groups is 1. The molecule has 1 aromatic heterocycles. The fourth-order valence-electron chi connectivity index (χ4n) is 1.73. The van der Waals surface area contributed by atoms with Crippen molar-refractivity contribution in [2.45, 2.75) is 20.4 Å². The van der Waals surface area contributed by atoms with Crippen molar-refractivity contribution in [3.63, 3.8) is 0 Å². The highest BCUT2D eigenvalue weighted by atomic mass is 35.5. The van der Waals surface area contributed by atoms with Crippen LogP contribution in [0.3, 0.4) is 0 Å². The lowest BCUT2D eigenvalue weighted by molar-refractivity contribution is -0.119. The van der Waals surface area contributed by atoms with E-state index in [2.05, 4.69) is 10.5 Å². The Kier molecular flexibility index (Phi) is 4.12. The maximum atomic E-state index is 11.0. The van der Waals surface area contributed by atoms with Crippen LogP contribution in [0.1, 0.15) is 18.2 Å². The Labute approximate surface area is 120 Å². The van der Waals surface area contributed by atoms with E-state index < -0.39 is 0 Å². The van der Waals surface area contributed by atoms with Crippen LogP contribution in [0, 0.1) is 6.92 Å². The summed E-state index contributed by atoms with van der Waals surface area (Å²) in [7, 11) is 0. The predicted molar refractivity (Wildman–Crippen MR) is 74.2 cm³/mol. The summed E-state index contributed by atoms with van der Waals surface area (Å²) in [5.41, 5.74) is 1.94. The van der Waals surface area contributed by atoms with E-state index in [1.165, 1.54) is 6.92 Å². The Balaban J connectivity index is 2.48. The van der Waals surface area contributed by atoms with Crippen LogP contribution < -0.4 is 5.32 Å². The SMILES string of the molecule is CC(=O)NCc1c(-c2c(Cl)cccc2Cl)noc1C. The molecule has 0 radical (unpaired) electrons. The van der Waals surface area contributed by atoms with E-state index in [1.807, 2.05) is 0 Å². The minimum absolute atomic E-state index is 0.128. The van der Waals surface area contributed by atoms with E-state index in [0.717, 1.165) is 5.56 Å². The van der Waals surface area contributed by atoms with Crippen molar-refractivity contribution in [3.8, 4) is 11.3 Å². The summed E-state index contributed by atoms with van der Waals surface area (Å²) in [6.07, 6.45) is 0. The number of carbonyl (C=O) groups excluding carboxylic acids is 1. The average Bonchev–Trinajstić information content (AvgIpc) is 2.68. The molecule has 100 valence electrons. The summed E-state index contributed by atoms with van der Waals surface area (Å²) in [5.74, 6) is 0.497. The highest BCUT2D eigenvalue weighted by Crippen LogP contribution is 2.36. The molecule has 0 fully saturated rings. The van der Waals surface area contributed by atoms with Gasteiger partial charge in [-0.05, 0) is 19.1 Å². The van der Waals surface area contributed by atoms with Gasteiger partial charge in [-0.25, -0.2) is 0 Å². The Morgan fingerprint density at radius 2 is 2.00 bits per heavy atom. The molecule has 1 amide bonds. The van der Waals surface area contributed by atoms with E-state index in [0.29, 0.717) is 33.6 Å². The van der Waals surface area contributed by atoms with Crippen LogP contribution in [0.2, 0.25) is 10.0 Å². The lowest BCUT2D eigenvalue weighted by Crippen LogP contribution is -2.19. The van der Waals surface area contributed by atoms with Gasteiger partial charge >= 0.3 is 0 Å². The summed E-state index contributed by atoms with van der Waals surface area (Å²) >= 11 is 12.3. The molecular weight excluding hydrogens is 287 g/mol. The third-order valence-electron chi connectivity index (χ3n) is 2.70. The summed E-state index contributed by atoms with van der Waals surface area (Å²) in [6.45, 7) is 3.55. The fraction of sp³-hybridized carbons (Fsp3) is 0.231. The van der Waals surface area contributed by atoms with Gasteiger partial charge in [-0.1, -0.05) is 34.4 Å². The van der Waals surface area contributed by atoms with Gasteiger partial charge in [0.25, 0.3) is 0 Å². The summed E-state index contributed by atoms with van der Waals surface area (Å²) < 4.78 is 5.17. The van der Waals surface area contributed by atoms with Crippen LogP contribution in [0.4, 0.5) is 0 Å². The molecule has 1 N–H and O–H groups in total. The minimum Gasteiger partial charge on any atom is -0.361 e. The molecule has 1 aromatic carbocycles. The van der Waals surface area contributed by atoms with Crippen molar-refractivity contribution in [2.75, 3.05) is 0 Å². The van der Waals surface area contributed by atoms with Gasteiger partial charge in [-0.2, -0.15) is 0 Å². The molecule has 0 saturated carbocycles. The zero-order chi connectivity index (χ0) is 14.0. The Bertz CT molecular complexity index is 603. The van der Waals surface area contributed by atoms with Crippen LogP contribution in [0.15, 0.2) is 22.7 Å². The Morgan fingerprint density at radius 3 is 2.58 bits per heavy atom. The third-order valence-corrected chi connectivity index (χ3v) is 3.33. The Hall–Kier alpha value is -1.52. The van der Waals surface area contributed by atoms with Crippen LogP contribution in [-0.4, -0.2) is 11.1 Å². The second-order valence-corrected chi connectivity index (χ2v) is 4.89. The molecule has 2 aromatic rings. The fourth-order valence-corrected chi connectivity index (χ4v) is 2.31. The third kappa shape index (κ3) is 2.91. The van der Waals surface area contributed by atoms with E-state index in [9.17, 15) is 4.79 Å². The van der Waals surface area contributed by atoms with Gasteiger partial charge in [0.15, 0.2) is 0 Å². The normalized spacial score (nSPS) is 10.5. The van der Waals surface area contributed by atoms with E-state index in [-0.39, 0.29) is 5.91 Å². The molecule has 4 nitrogen and oxygen atoms in total. The number of nitrogens with one attached hydrogen (secondary N) is 1. The van der Waals surface area contributed by atoms with E-state index in [1.54, 1.807) is 25.1 Å². The zero-order valence-corrected chi connectivity index (χ0v) is 12.0. The van der Waals surface area contributed by atoms with Gasteiger partial charge in [0.1, 0.15) is 11.5 Å². The van der Waals surface area contributed by atoms with Crippen LogP contribution in [0.25, 0.3) is 11.3 Å². The van der Waals surface area contributed by atoms with E-state index >= 15 is 0 Å². The maximum Gasteiger partial charge on any atom is 0.217 e. The van der Waals surface area contributed by atoms with Gasteiger partial charge in [0.2, 0.25) is 5.91 Å². The molecule has 1 heterocycles. The van der Waals surface area contributed by atoms with E-state index in [4.69, 9.17) is 27.7 Å².